The molecule has 0 aromatic heterocycles. The minimum atomic E-state index is -1.97. The molecule has 6 N–H and O–H groups in total. The van der Waals surface area contributed by atoms with Crippen LogP contribution in [0.5, 0.6) is 23.0 Å². The third-order valence-electron chi connectivity index (χ3n) is 3.95. The fraction of sp³-hybridized carbons (Fsp3) is 0.333. The molecule has 2 rings (SSSR count). The van der Waals surface area contributed by atoms with Gasteiger partial charge in [-0.05, 0) is 42.8 Å². The van der Waals surface area contributed by atoms with Crippen LogP contribution in [0, 0.1) is 0 Å². The monoisotopic (exact) mass is 380 g/mol. The van der Waals surface area contributed by atoms with Crippen molar-refractivity contribution in [3.8, 4) is 23.0 Å². The van der Waals surface area contributed by atoms with E-state index >= 15 is 0 Å². The second kappa shape index (κ2) is 8.56. The number of carboxylic acids is 1. The van der Waals surface area contributed by atoms with E-state index < -0.39 is 40.3 Å². The van der Waals surface area contributed by atoms with Crippen LogP contribution in [0.3, 0.4) is 0 Å². The molecule has 0 amide bonds. The number of phenols is 2. The molecule has 9 heteroatoms. The average Bonchev–Trinajstić information content (AvgIpc) is 2.72. The highest BCUT2D eigenvalue weighted by molar-refractivity contribution is 5.93. The maximum atomic E-state index is 12.2. The van der Waals surface area contributed by atoms with Gasteiger partial charge in [0.2, 0.25) is 11.2 Å². The lowest BCUT2D eigenvalue weighted by Gasteiger charge is -2.10. The fourth-order valence-corrected chi connectivity index (χ4v) is 2.58. The number of benzene rings is 1. The Balaban J connectivity index is 2.34. The van der Waals surface area contributed by atoms with E-state index in [0.29, 0.717) is 19.3 Å². The lowest BCUT2D eigenvalue weighted by Crippen LogP contribution is -2.01. The summed E-state index contributed by atoms with van der Waals surface area (Å²) in [7, 11) is 0. The van der Waals surface area contributed by atoms with E-state index in [1.54, 1.807) is 0 Å². The van der Waals surface area contributed by atoms with Crippen molar-refractivity contribution < 1.29 is 40.2 Å². The summed E-state index contributed by atoms with van der Waals surface area (Å²) in [5.74, 6) is -3.35. The van der Waals surface area contributed by atoms with Gasteiger partial charge in [-0.2, -0.15) is 0 Å². The Labute approximate surface area is 153 Å². The Bertz CT molecular complexity index is 906. The maximum absolute atomic E-state index is 12.2. The smallest absolute Gasteiger partial charge is 0.303 e. The second-order valence-corrected chi connectivity index (χ2v) is 5.97. The molecule has 2 aromatic carbocycles. The van der Waals surface area contributed by atoms with Gasteiger partial charge >= 0.3 is 5.97 Å². The van der Waals surface area contributed by atoms with Crippen LogP contribution in [0.4, 0.5) is 0 Å². The van der Waals surface area contributed by atoms with Gasteiger partial charge in [-0.25, -0.2) is 0 Å². The van der Waals surface area contributed by atoms with Crippen LogP contribution in [-0.2, 0) is 4.79 Å². The van der Waals surface area contributed by atoms with E-state index in [9.17, 15) is 35.1 Å². The van der Waals surface area contributed by atoms with E-state index in [-0.39, 0.29) is 29.7 Å². The van der Waals surface area contributed by atoms with Gasteiger partial charge in [0.05, 0.1) is 12.0 Å². The van der Waals surface area contributed by atoms with Crippen LogP contribution < -0.4 is 10.2 Å². The Kier molecular flexibility index (Phi) is 6.43. The van der Waals surface area contributed by atoms with Gasteiger partial charge < -0.3 is 35.4 Å². The zero-order chi connectivity index (χ0) is 20.1. The number of aromatic hydroxyl groups is 3. The van der Waals surface area contributed by atoms with Gasteiger partial charge in [-0.3, -0.25) is 9.59 Å². The van der Waals surface area contributed by atoms with Crippen molar-refractivity contribution in [3.05, 3.63) is 34.0 Å². The molecular formula is C18H20O9. The first-order chi connectivity index (χ1) is 12.7. The van der Waals surface area contributed by atoms with Crippen molar-refractivity contribution in [1.82, 2.24) is 0 Å². The molecule has 0 aliphatic rings. The number of aliphatic carboxylic acids is 1. The highest BCUT2D eigenvalue weighted by Crippen LogP contribution is 2.41. The molecule has 0 saturated heterocycles. The minimum Gasteiger partial charge on any atom is -0.504 e. The quantitative estimate of drug-likeness (QED) is 0.225. The molecule has 0 saturated carbocycles. The Hall–Kier alpha value is -3.04. The third kappa shape index (κ3) is 4.78. The summed E-state index contributed by atoms with van der Waals surface area (Å²) in [4.78, 5) is 22.6. The number of unbranched alkanes of at least 4 members (excludes halogenated alkanes) is 2. The summed E-state index contributed by atoms with van der Waals surface area (Å²) in [5, 5.41) is 56.8. The SMILES string of the molecule is O=C(O)CCCCCOc1cc2cc(C(O)O)cc(O)c(=O)c2c(O)c1O. The first kappa shape index (κ1) is 20.3. The molecule has 0 atom stereocenters. The van der Waals surface area contributed by atoms with Crippen molar-refractivity contribution in [2.45, 2.75) is 32.0 Å². The van der Waals surface area contributed by atoms with Crippen LogP contribution in [0.15, 0.2) is 23.0 Å². The second-order valence-electron chi connectivity index (χ2n) is 5.97. The minimum absolute atomic E-state index is 0.0274. The molecule has 9 nitrogen and oxygen atoms in total. The van der Waals surface area contributed by atoms with Gasteiger partial charge in [0, 0.05) is 12.0 Å². The summed E-state index contributed by atoms with van der Waals surface area (Å²) in [5.41, 5.74) is -1.19. The highest BCUT2D eigenvalue weighted by atomic mass is 16.5. The Morgan fingerprint density at radius 1 is 1.00 bits per heavy atom. The average molecular weight is 380 g/mol. The molecule has 0 aliphatic heterocycles. The largest absolute Gasteiger partial charge is 0.504 e. The summed E-state index contributed by atoms with van der Waals surface area (Å²) < 4.78 is 5.39. The molecule has 0 heterocycles. The number of ether oxygens (including phenoxy) is 1. The molecule has 0 bridgehead atoms. The van der Waals surface area contributed by atoms with E-state index in [1.807, 2.05) is 0 Å². The molecule has 27 heavy (non-hydrogen) atoms. The molecule has 0 aliphatic carbocycles. The van der Waals surface area contributed by atoms with Crippen molar-refractivity contribution in [1.29, 1.82) is 0 Å². The predicted octanol–water partition coefficient (Wildman–Crippen LogP) is 1.32. The van der Waals surface area contributed by atoms with Gasteiger partial charge in [-0.15, -0.1) is 0 Å². The van der Waals surface area contributed by atoms with E-state index in [1.165, 1.54) is 12.1 Å². The topological polar surface area (TPSA) is 165 Å². The molecule has 0 unspecified atom stereocenters. The number of aliphatic hydroxyl groups is 2. The number of hydrogen-bond acceptors (Lipinski definition) is 8. The van der Waals surface area contributed by atoms with Crippen LogP contribution in [0.25, 0.3) is 10.8 Å². The molecule has 2 aromatic rings. The van der Waals surface area contributed by atoms with Gasteiger partial charge in [0.15, 0.2) is 23.5 Å². The predicted molar refractivity (Wildman–Crippen MR) is 94.0 cm³/mol. The summed E-state index contributed by atoms with van der Waals surface area (Å²) in [6.45, 7) is 0.127. The zero-order valence-corrected chi connectivity index (χ0v) is 14.3. The Morgan fingerprint density at radius 3 is 2.33 bits per heavy atom. The standard InChI is InChI=1S/C18H20O9/c19-11-7-10(18(25)26)6-9-8-12(16(23)17(24)14(9)15(11)22)27-5-3-1-2-4-13(20)21/h6-8,18,23-26H,1-5H2,(H,19,22)(H,20,21). The zero-order valence-electron chi connectivity index (χ0n) is 14.3. The van der Waals surface area contributed by atoms with Crippen LogP contribution >= 0.6 is 0 Å². The van der Waals surface area contributed by atoms with Crippen LogP contribution in [0.2, 0.25) is 0 Å². The van der Waals surface area contributed by atoms with Crippen molar-refractivity contribution >= 4 is 16.7 Å². The lowest BCUT2D eigenvalue weighted by atomic mass is 10.1. The number of phenolic OH excluding ortho intramolecular Hbond substituents is 2. The van der Waals surface area contributed by atoms with Crippen LogP contribution in [-0.4, -0.2) is 43.2 Å². The third-order valence-corrected chi connectivity index (χ3v) is 3.95. The Morgan fingerprint density at radius 2 is 1.70 bits per heavy atom. The fourth-order valence-electron chi connectivity index (χ4n) is 2.58. The molecule has 0 radical (unpaired) electrons. The molecule has 146 valence electrons. The highest BCUT2D eigenvalue weighted by Gasteiger charge is 2.18. The van der Waals surface area contributed by atoms with Gasteiger partial charge in [0.1, 0.15) is 0 Å². The van der Waals surface area contributed by atoms with E-state index in [2.05, 4.69) is 0 Å². The molecular weight excluding hydrogens is 360 g/mol. The number of rotatable bonds is 8. The maximum Gasteiger partial charge on any atom is 0.303 e. The van der Waals surface area contributed by atoms with Crippen molar-refractivity contribution in [3.63, 3.8) is 0 Å². The first-order valence-corrected chi connectivity index (χ1v) is 8.19. The summed E-state index contributed by atoms with van der Waals surface area (Å²) >= 11 is 0. The van der Waals surface area contributed by atoms with Gasteiger partial charge in [-0.1, -0.05) is 0 Å². The lowest BCUT2D eigenvalue weighted by molar-refractivity contribution is -0.137. The number of aliphatic hydroxyl groups excluding tert-OH is 1. The first-order valence-electron chi connectivity index (χ1n) is 8.19. The molecule has 0 fully saturated rings. The normalized spacial score (nSPS) is 11.1. The number of fused-ring (bicyclic) bond motifs is 1. The summed E-state index contributed by atoms with van der Waals surface area (Å²) in [6, 6.07) is 3.25. The summed E-state index contributed by atoms with van der Waals surface area (Å²) in [6.07, 6.45) is -0.371. The van der Waals surface area contributed by atoms with Crippen molar-refractivity contribution in [2.75, 3.05) is 6.61 Å². The van der Waals surface area contributed by atoms with E-state index in [4.69, 9.17) is 9.84 Å². The van der Waals surface area contributed by atoms with E-state index in [0.717, 1.165) is 6.07 Å². The van der Waals surface area contributed by atoms with Crippen molar-refractivity contribution in [2.24, 2.45) is 0 Å². The van der Waals surface area contributed by atoms with Crippen LogP contribution in [0.1, 0.15) is 37.5 Å². The number of carbonyl (C=O) groups is 1. The molecule has 0 spiro atoms. The van der Waals surface area contributed by atoms with Gasteiger partial charge in [0.25, 0.3) is 0 Å². The number of carboxylic acid groups (broad SMARTS) is 1. The number of hydrogen-bond donors (Lipinski definition) is 6.